The predicted molar refractivity (Wildman–Crippen MR) is 111 cm³/mol. The van der Waals surface area contributed by atoms with E-state index >= 15 is 0 Å². The summed E-state index contributed by atoms with van der Waals surface area (Å²) in [5, 5.41) is 10.4. The van der Waals surface area contributed by atoms with Gasteiger partial charge in [0.25, 0.3) is 12.0 Å². The van der Waals surface area contributed by atoms with Crippen molar-refractivity contribution < 1.29 is 23.4 Å². The van der Waals surface area contributed by atoms with Gasteiger partial charge in [-0.25, -0.2) is 13.8 Å². The normalized spacial score (nSPS) is 11.5. The number of H-pyrrole nitrogens is 1. The molecule has 4 aromatic rings. The molecule has 160 valence electrons. The number of carbonyl (C=O) groups is 1. The van der Waals surface area contributed by atoms with E-state index in [9.17, 15) is 18.4 Å². The van der Waals surface area contributed by atoms with Crippen LogP contribution in [0.4, 0.5) is 8.78 Å². The lowest BCUT2D eigenvalue weighted by molar-refractivity contribution is -0.137. The van der Waals surface area contributed by atoms with Crippen LogP contribution in [-0.4, -0.2) is 38.6 Å². The number of ether oxygens (including phenoxy) is 1. The number of carboxylic acids is 1. The van der Waals surface area contributed by atoms with Crippen LogP contribution in [0.3, 0.4) is 0 Å². The van der Waals surface area contributed by atoms with E-state index in [1.54, 1.807) is 24.3 Å². The lowest BCUT2D eigenvalue weighted by Crippen LogP contribution is -2.24. The lowest BCUT2D eigenvalue weighted by atomic mass is 10.0. The van der Waals surface area contributed by atoms with Crippen LogP contribution in [0.25, 0.3) is 21.8 Å². The van der Waals surface area contributed by atoms with E-state index in [1.165, 1.54) is 18.3 Å². The summed E-state index contributed by atoms with van der Waals surface area (Å²) in [7, 11) is 0. The van der Waals surface area contributed by atoms with Gasteiger partial charge in [0.2, 0.25) is 0 Å². The van der Waals surface area contributed by atoms with Crippen LogP contribution in [0.1, 0.15) is 11.4 Å². The summed E-state index contributed by atoms with van der Waals surface area (Å²) in [6.07, 6.45) is -0.841. The number of hydrogen-bond acceptors (Lipinski definition) is 4. The standard InChI is InChI=1S/C21H16ClF2N3O4/c22-14-6-15-16(7-17(14)31-10-18(23)24)26-19(25-15)5-11-8-27(9-20(28)29)21(30)13-4-2-1-3-12(11)13/h1-4,6-8,18H,5,9-10H2,(H,25,26)(H,28,29). The van der Waals surface area contributed by atoms with Gasteiger partial charge in [0, 0.05) is 24.1 Å². The Kier molecular flexibility index (Phi) is 5.60. The third-order valence-electron chi connectivity index (χ3n) is 4.69. The molecule has 0 aliphatic rings. The van der Waals surface area contributed by atoms with Crippen LogP contribution < -0.4 is 10.3 Å². The third-order valence-corrected chi connectivity index (χ3v) is 4.98. The molecule has 7 nitrogen and oxygen atoms in total. The quantitative estimate of drug-likeness (QED) is 0.448. The first-order chi connectivity index (χ1) is 14.8. The highest BCUT2D eigenvalue weighted by Gasteiger charge is 2.15. The zero-order chi connectivity index (χ0) is 22.1. The van der Waals surface area contributed by atoms with Gasteiger partial charge in [-0.2, -0.15) is 0 Å². The average Bonchev–Trinajstić information content (AvgIpc) is 3.10. The molecule has 31 heavy (non-hydrogen) atoms. The van der Waals surface area contributed by atoms with Crippen molar-refractivity contribution in [3.05, 3.63) is 69.4 Å². The maximum Gasteiger partial charge on any atom is 0.323 e. The average molecular weight is 448 g/mol. The number of imidazole rings is 1. The van der Waals surface area contributed by atoms with Gasteiger partial charge in [-0.1, -0.05) is 29.8 Å². The largest absolute Gasteiger partial charge is 0.486 e. The van der Waals surface area contributed by atoms with Gasteiger partial charge in [0.15, 0.2) is 0 Å². The number of fused-ring (bicyclic) bond motifs is 2. The Balaban J connectivity index is 1.74. The van der Waals surface area contributed by atoms with Crippen molar-refractivity contribution in [2.24, 2.45) is 0 Å². The molecule has 0 fully saturated rings. The first-order valence-electron chi connectivity index (χ1n) is 9.23. The first kappa shape index (κ1) is 20.8. The molecule has 2 heterocycles. The van der Waals surface area contributed by atoms with Crippen LogP contribution in [0.15, 0.2) is 47.4 Å². The number of alkyl halides is 2. The molecule has 0 radical (unpaired) electrons. The fourth-order valence-corrected chi connectivity index (χ4v) is 3.63. The number of aromatic nitrogens is 3. The summed E-state index contributed by atoms with van der Waals surface area (Å²) in [5.41, 5.74) is 1.38. The second kappa shape index (κ2) is 8.35. The van der Waals surface area contributed by atoms with Gasteiger partial charge in [-0.15, -0.1) is 0 Å². The molecule has 0 aliphatic carbocycles. The third kappa shape index (κ3) is 4.36. The SMILES string of the molecule is O=C(O)Cn1cc(Cc2nc3cc(OCC(F)F)c(Cl)cc3[nH]2)c2ccccc2c1=O. The minimum absolute atomic E-state index is 0.105. The van der Waals surface area contributed by atoms with Crippen molar-refractivity contribution in [1.29, 1.82) is 0 Å². The molecule has 0 bridgehead atoms. The molecule has 0 unspecified atom stereocenters. The van der Waals surface area contributed by atoms with E-state index in [-0.39, 0.29) is 22.8 Å². The molecule has 0 spiro atoms. The zero-order valence-corrected chi connectivity index (χ0v) is 16.7. The predicted octanol–water partition coefficient (Wildman–Crippen LogP) is 3.85. The van der Waals surface area contributed by atoms with E-state index < -0.39 is 25.5 Å². The van der Waals surface area contributed by atoms with Crippen LogP contribution in [-0.2, 0) is 17.8 Å². The number of halogens is 3. The summed E-state index contributed by atoms with van der Waals surface area (Å²) >= 11 is 6.11. The molecule has 2 aromatic carbocycles. The van der Waals surface area contributed by atoms with Gasteiger partial charge in [-0.05, 0) is 23.1 Å². The second-order valence-electron chi connectivity index (χ2n) is 6.89. The highest BCUT2D eigenvalue weighted by molar-refractivity contribution is 6.32. The van der Waals surface area contributed by atoms with Gasteiger partial charge < -0.3 is 19.4 Å². The number of carboxylic acid groups (broad SMARTS) is 1. The second-order valence-corrected chi connectivity index (χ2v) is 7.30. The Morgan fingerprint density at radius 3 is 2.71 bits per heavy atom. The van der Waals surface area contributed by atoms with Crippen molar-refractivity contribution in [2.75, 3.05) is 6.61 Å². The summed E-state index contributed by atoms with van der Waals surface area (Å²) in [4.78, 5) is 31.3. The molecule has 10 heteroatoms. The van der Waals surface area contributed by atoms with Crippen LogP contribution in [0.5, 0.6) is 5.75 Å². The maximum absolute atomic E-state index is 12.6. The maximum atomic E-state index is 12.6. The zero-order valence-electron chi connectivity index (χ0n) is 15.9. The van der Waals surface area contributed by atoms with Gasteiger partial charge in [-0.3, -0.25) is 9.59 Å². The van der Waals surface area contributed by atoms with Crippen molar-refractivity contribution in [1.82, 2.24) is 14.5 Å². The molecule has 0 amide bonds. The smallest absolute Gasteiger partial charge is 0.323 e. The number of aromatic amines is 1. The summed E-state index contributed by atoms with van der Waals surface area (Å²) < 4.78 is 31.0. The summed E-state index contributed by atoms with van der Waals surface area (Å²) in [6.45, 7) is -1.24. The summed E-state index contributed by atoms with van der Waals surface area (Å²) in [5.74, 6) is -0.492. The minimum Gasteiger partial charge on any atom is -0.486 e. The highest BCUT2D eigenvalue weighted by Crippen LogP contribution is 2.30. The fourth-order valence-electron chi connectivity index (χ4n) is 3.42. The molecular weight excluding hydrogens is 432 g/mol. The van der Waals surface area contributed by atoms with E-state index in [0.717, 1.165) is 4.57 Å². The number of hydrogen-bond donors (Lipinski definition) is 2. The number of nitrogens with one attached hydrogen (secondary N) is 1. The Morgan fingerprint density at radius 1 is 1.26 bits per heavy atom. The Morgan fingerprint density at radius 2 is 2.00 bits per heavy atom. The van der Waals surface area contributed by atoms with E-state index in [1.807, 2.05) is 0 Å². The number of rotatable bonds is 7. The molecule has 2 N–H and O–H groups in total. The Bertz CT molecular complexity index is 1350. The topological polar surface area (TPSA) is 97.2 Å². The molecule has 0 saturated carbocycles. The van der Waals surface area contributed by atoms with E-state index in [2.05, 4.69) is 9.97 Å². The van der Waals surface area contributed by atoms with E-state index in [0.29, 0.717) is 33.2 Å². The Labute approximate surface area is 178 Å². The lowest BCUT2D eigenvalue weighted by Gasteiger charge is -2.10. The molecule has 0 atom stereocenters. The van der Waals surface area contributed by atoms with Crippen molar-refractivity contribution in [3.63, 3.8) is 0 Å². The minimum atomic E-state index is -2.63. The molecule has 0 aliphatic heterocycles. The molecular formula is C21H16ClF2N3O4. The molecule has 0 saturated heterocycles. The van der Waals surface area contributed by atoms with Gasteiger partial charge >= 0.3 is 5.97 Å². The van der Waals surface area contributed by atoms with Crippen LogP contribution in [0, 0.1) is 0 Å². The number of pyridine rings is 1. The Hall–Kier alpha value is -3.46. The molecule has 2 aromatic heterocycles. The van der Waals surface area contributed by atoms with Gasteiger partial charge in [0.05, 0.1) is 16.1 Å². The van der Waals surface area contributed by atoms with E-state index in [4.69, 9.17) is 21.4 Å². The monoisotopic (exact) mass is 447 g/mol. The van der Waals surface area contributed by atoms with Crippen LogP contribution in [0.2, 0.25) is 5.02 Å². The van der Waals surface area contributed by atoms with Crippen molar-refractivity contribution in [2.45, 2.75) is 19.4 Å². The van der Waals surface area contributed by atoms with Gasteiger partial charge in [0.1, 0.15) is 24.7 Å². The highest BCUT2D eigenvalue weighted by atomic mass is 35.5. The number of benzene rings is 2. The first-order valence-corrected chi connectivity index (χ1v) is 9.61. The summed E-state index contributed by atoms with van der Waals surface area (Å²) in [6, 6.07) is 9.94. The molecule has 4 rings (SSSR count). The van der Waals surface area contributed by atoms with Crippen molar-refractivity contribution >= 4 is 39.4 Å². The van der Waals surface area contributed by atoms with Crippen molar-refractivity contribution in [3.8, 4) is 5.75 Å². The van der Waals surface area contributed by atoms with Crippen LogP contribution >= 0.6 is 11.6 Å². The number of aliphatic carboxylic acids is 1. The number of nitrogens with zero attached hydrogens (tertiary/aromatic N) is 2. The fraction of sp³-hybridized carbons (Fsp3) is 0.190.